The lowest BCUT2D eigenvalue weighted by Crippen LogP contribution is -2.48. The lowest BCUT2D eigenvalue weighted by molar-refractivity contribution is 0.0628. The summed E-state index contributed by atoms with van der Waals surface area (Å²) in [5, 5.41) is 5.38. The molecule has 7 heteroatoms. The van der Waals surface area contributed by atoms with Gasteiger partial charge in [0.15, 0.2) is 0 Å². The zero-order valence-corrected chi connectivity index (χ0v) is 22.9. The standard InChI is InChI=1S/C31H33ClN4O2/c1-22-9-14-29(32)30(19-22)38-21-25-10-12-26(13-11-25)31(37)35-17-15-34(16-18-35)20-28-23(2)33-36(24(28)3)27-7-5-4-6-8-27/h4-14,19H,15-18,20-21H2,1-3H3. The minimum atomic E-state index is 0.0723. The highest BCUT2D eigenvalue weighted by Gasteiger charge is 2.24. The van der Waals surface area contributed by atoms with Crippen LogP contribution >= 0.6 is 11.6 Å². The number of rotatable bonds is 7. The maximum absolute atomic E-state index is 13.2. The number of piperazine rings is 1. The first-order valence-corrected chi connectivity index (χ1v) is 13.4. The molecule has 0 atom stereocenters. The first-order chi connectivity index (χ1) is 18.4. The molecule has 2 heterocycles. The van der Waals surface area contributed by atoms with Crippen molar-refractivity contribution in [2.45, 2.75) is 33.9 Å². The molecule has 4 aromatic rings. The van der Waals surface area contributed by atoms with Crippen molar-refractivity contribution in [3.63, 3.8) is 0 Å². The van der Waals surface area contributed by atoms with Crippen LogP contribution in [0.25, 0.3) is 5.69 Å². The summed E-state index contributed by atoms with van der Waals surface area (Å²) in [6, 6.07) is 23.6. The number of halogens is 1. The van der Waals surface area contributed by atoms with Gasteiger partial charge in [0.1, 0.15) is 12.4 Å². The molecule has 0 spiro atoms. The van der Waals surface area contributed by atoms with E-state index in [4.69, 9.17) is 21.4 Å². The first-order valence-electron chi connectivity index (χ1n) is 13.0. The first kappa shape index (κ1) is 26.0. The van der Waals surface area contributed by atoms with Crippen LogP contribution in [-0.4, -0.2) is 51.7 Å². The van der Waals surface area contributed by atoms with E-state index < -0.39 is 0 Å². The Morgan fingerprint density at radius 1 is 0.921 bits per heavy atom. The molecule has 38 heavy (non-hydrogen) atoms. The van der Waals surface area contributed by atoms with Crippen LogP contribution in [0.1, 0.15) is 38.4 Å². The third kappa shape index (κ3) is 5.77. The monoisotopic (exact) mass is 528 g/mol. The van der Waals surface area contributed by atoms with Gasteiger partial charge in [0.05, 0.1) is 16.4 Å². The number of hydrogen-bond acceptors (Lipinski definition) is 4. The number of nitrogens with zero attached hydrogens (tertiary/aromatic N) is 4. The molecule has 0 saturated carbocycles. The number of carbonyl (C=O) groups excluding carboxylic acids is 1. The summed E-state index contributed by atoms with van der Waals surface area (Å²) >= 11 is 6.23. The minimum absolute atomic E-state index is 0.0723. The lowest BCUT2D eigenvalue weighted by atomic mass is 10.1. The fourth-order valence-electron chi connectivity index (χ4n) is 4.87. The Balaban J connectivity index is 1.15. The molecule has 5 rings (SSSR count). The van der Waals surface area contributed by atoms with Gasteiger partial charge in [0.2, 0.25) is 0 Å². The van der Waals surface area contributed by atoms with E-state index in [9.17, 15) is 4.79 Å². The lowest BCUT2D eigenvalue weighted by Gasteiger charge is -2.34. The summed E-state index contributed by atoms with van der Waals surface area (Å²) < 4.78 is 7.91. The fraction of sp³-hybridized carbons (Fsp3) is 0.290. The van der Waals surface area contributed by atoms with Crippen molar-refractivity contribution in [3.8, 4) is 11.4 Å². The topological polar surface area (TPSA) is 50.6 Å². The SMILES string of the molecule is Cc1ccc(Cl)c(OCc2ccc(C(=O)N3CCN(Cc4c(C)nn(-c5ccccc5)c4C)CC3)cc2)c1. The number of carbonyl (C=O) groups is 1. The fourth-order valence-corrected chi connectivity index (χ4v) is 5.04. The van der Waals surface area contributed by atoms with Crippen molar-refractivity contribution in [3.05, 3.63) is 111 Å². The van der Waals surface area contributed by atoms with Crippen LogP contribution in [0.15, 0.2) is 72.8 Å². The minimum Gasteiger partial charge on any atom is -0.487 e. The number of benzene rings is 3. The molecule has 6 nitrogen and oxygen atoms in total. The second-order valence-corrected chi connectivity index (χ2v) is 10.3. The van der Waals surface area contributed by atoms with Crippen molar-refractivity contribution in [2.75, 3.05) is 26.2 Å². The van der Waals surface area contributed by atoms with E-state index in [2.05, 4.69) is 30.9 Å². The molecule has 0 bridgehead atoms. The summed E-state index contributed by atoms with van der Waals surface area (Å²) in [6.45, 7) is 10.5. The second kappa shape index (κ2) is 11.4. The molecule has 0 radical (unpaired) electrons. The quantitative estimate of drug-likeness (QED) is 0.296. The van der Waals surface area contributed by atoms with Crippen molar-refractivity contribution >= 4 is 17.5 Å². The normalized spacial score (nSPS) is 14.1. The summed E-state index contributed by atoms with van der Waals surface area (Å²) in [5.41, 5.74) is 7.35. The van der Waals surface area contributed by atoms with Gasteiger partial charge in [-0.05, 0) is 68.3 Å². The highest BCUT2D eigenvalue weighted by molar-refractivity contribution is 6.32. The van der Waals surface area contributed by atoms with Gasteiger partial charge >= 0.3 is 0 Å². The number of para-hydroxylation sites is 1. The number of aryl methyl sites for hydroxylation is 2. The van der Waals surface area contributed by atoms with E-state index in [0.29, 0.717) is 36.0 Å². The molecule has 1 aliphatic heterocycles. The molecule has 1 fully saturated rings. The van der Waals surface area contributed by atoms with Gasteiger partial charge in [-0.25, -0.2) is 4.68 Å². The molecular weight excluding hydrogens is 496 g/mol. The second-order valence-electron chi connectivity index (χ2n) is 9.88. The highest BCUT2D eigenvalue weighted by Crippen LogP contribution is 2.26. The molecule has 1 saturated heterocycles. The van der Waals surface area contributed by atoms with Gasteiger partial charge in [0.25, 0.3) is 5.91 Å². The Hall–Kier alpha value is -3.61. The van der Waals surface area contributed by atoms with Crippen molar-refractivity contribution in [1.82, 2.24) is 19.6 Å². The van der Waals surface area contributed by atoms with E-state index >= 15 is 0 Å². The van der Waals surface area contributed by atoms with Gasteiger partial charge in [-0.15, -0.1) is 0 Å². The van der Waals surface area contributed by atoms with Gasteiger partial charge in [-0.2, -0.15) is 5.10 Å². The van der Waals surface area contributed by atoms with Crippen molar-refractivity contribution in [2.24, 2.45) is 0 Å². The third-order valence-corrected chi connectivity index (χ3v) is 7.48. The van der Waals surface area contributed by atoms with Crippen LogP contribution in [0.2, 0.25) is 5.02 Å². The third-order valence-electron chi connectivity index (χ3n) is 7.17. The van der Waals surface area contributed by atoms with Crippen LogP contribution in [0.3, 0.4) is 0 Å². The molecular formula is C31H33ClN4O2. The highest BCUT2D eigenvalue weighted by atomic mass is 35.5. The van der Waals surface area contributed by atoms with Crippen LogP contribution < -0.4 is 4.74 Å². The smallest absolute Gasteiger partial charge is 0.253 e. The maximum atomic E-state index is 13.2. The van der Waals surface area contributed by atoms with E-state index in [0.717, 1.165) is 42.1 Å². The van der Waals surface area contributed by atoms with Crippen LogP contribution in [0, 0.1) is 20.8 Å². The van der Waals surface area contributed by atoms with Crippen molar-refractivity contribution in [1.29, 1.82) is 0 Å². The summed E-state index contributed by atoms with van der Waals surface area (Å²) in [6.07, 6.45) is 0. The molecule has 1 aliphatic rings. The van der Waals surface area contributed by atoms with Crippen LogP contribution in [0.4, 0.5) is 0 Å². The van der Waals surface area contributed by atoms with Gasteiger partial charge in [-0.3, -0.25) is 9.69 Å². The Bertz CT molecular complexity index is 1410. The maximum Gasteiger partial charge on any atom is 0.253 e. The Morgan fingerprint density at radius 3 is 2.34 bits per heavy atom. The molecule has 196 valence electrons. The van der Waals surface area contributed by atoms with Crippen molar-refractivity contribution < 1.29 is 9.53 Å². The molecule has 3 aromatic carbocycles. The molecule has 0 N–H and O–H groups in total. The Morgan fingerprint density at radius 2 is 1.63 bits per heavy atom. The Kier molecular flexibility index (Phi) is 7.82. The predicted octanol–water partition coefficient (Wildman–Crippen LogP) is 5.99. The Labute approximate surface area is 229 Å². The molecule has 0 aliphatic carbocycles. The average Bonchev–Trinajstić information content (AvgIpc) is 3.22. The zero-order valence-electron chi connectivity index (χ0n) is 22.2. The summed E-state index contributed by atoms with van der Waals surface area (Å²) in [4.78, 5) is 17.5. The van der Waals surface area contributed by atoms with Gasteiger partial charge in [0, 0.05) is 49.5 Å². The molecule has 0 unspecified atom stereocenters. The zero-order chi connectivity index (χ0) is 26.6. The number of ether oxygens (including phenoxy) is 1. The predicted molar refractivity (Wildman–Crippen MR) is 151 cm³/mol. The number of hydrogen-bond donors (Lipinski definition) is 0. The largest absolute Gasteiger partial charge is 0.487 e. The van der Waals surface area contributed by atoms with Gasteiger partial charge in [-0.1, -0.05) is 48.0 Å². The molecule has 1 aromatic heterocycles. The number of aromatic nitrogens is 2. The van der Waals surface area contributed by atoms with Gasteiger partial charge < -0.3 is 9.64 Å². The number of amides is 1. The summed E-state index contributed by atoms with van der Waals surface area (Å²) in [7, 11) is 0. The van der Waals surface area contributed by atoms with Crippen LogP contribution in [-0.2, 0) is 13.2 Å². The molecule has 1 amide bonds. The van der Waals surface area contributed by atoms with E-state index in [-0.39, 0.29) is 5.91 Å². The van der Waals surface area contributed by atoms with E-state index in [1.165, 1.54) is 11.3 Å². The van der Waals surface area contributed by atoms with E-state index in [1.807, 2.05) is 77.2 Å². The van der Waals surface area contributed by atoms with Crippen LogP contribution in [0.5, 0.6) is 5.75 Å². The average molecular weight is 529 g/mol. The summed E-state index contributed by atoms with van der Waals surface area (Å²) in [5.74, 6) is 0.741. The van der Waals surface area contributed by atoms with E-state index in [1.54, 1.807) is 0 Å².